The minimum absolute atomic E-state index is 0.0829. The molecular weight excluding hydrogens is 164 g/mol. The quantitative estimate of drug-likeness (QED) is 0.514. The molecule has 0 aliphatic carbocycles. The Morgan fingerprint density at radius 2 is 2.08 bits per heavy atom. The summed E-state index contributed by atoms with van der Waals surface area (Å²) in [5.41, 5.74) is 1.09. The highest BCUT2D eigenvalue weighted by molar-refractivity contribution is 5.74. The molecule has 2 nitrogen and oxygen atoms in total. The topological polar surface area (TPSA) is 26.3 Å². The van der Waals surface area contributed by atoms with Gasteiger partial charge in [0, 0.05) is 0 Å². The Balaban J connectivity index is 2.69. The van der Waals surface area contributed by atoms with Crippen LogP contribution in [0.5, 0.6) is 5.75 Å². The van der Waals surface area contributed by atoms with Crippen LogP contribution >= 0.6 is 0 Å². The van der Waals surface area contributed by atoms with Crippen LogP contribution in [0.3, 0.4) is 0 Å². The summed E-state index contributed by atoms with van der Waals surface area (Å²) in [7, 11) is 0. The van der Waals surface area contributed by atoms with Gasteiger partial charge in [-0.05, 0) is 24.6 Å². The van der Waals surface area contributed by atoms with Crippen LogP contribution < -0.4 is 4.74 Å². The molecule has 0 N–H and O–H groups in total. The predicted octanol–water partition coefficient (Wildman–Crippen LogP) is 2.56. The van der Waals surface area contributed by atoms with E-state index in [1.807, 2.05) is 39.0 Å². The maximum atomic E-state index is 11.2. The molecule has 1 aromatic rings. The van der Waals surface area contributed by atoms with Gasteiger partial charge in [0.25, 0.3) is 0 Å². The summed E-state index contributed by atoms with van der Waals surface area (Å²) >= 11 is 0. The van der Waals surface area contributed by atoms with E-state index >= 15 is 0 Å². The van der Waals surface area contributed by atoms with E-state index in [4.69, 9.17) is 4.74 Å². The molecule has 1 aromatic carbocycles. The average Bonchev–Trinajstić information content (AvgIpc) is 2.04. The largest absolute Gasteiger partial charge is 0.426 e. The molecule has 0 radical (unpaired) electrons. The third-order valence-electron chi connectivity index (χ3n) is 1.68. The van der Waals surface area contributed by atoms with Gasteiger partial charge in [0.1, 0.15) is 5.75 Å². The molecule has 0 fully saturated rings. The molecule has 0 spiro atoms. The van der Waals surface area contributed by atoms with Crippen molar-refractivity contribution in [2.75, 3.05) is 0 Å². The Hall–Kier alpha value is -1.31. The lowest BCUT2D eigenvalue weighted by atomic mass is 10.2. The number of benzene rings is 1. The molecule has 0 amide bonds. The fraction of sp³-hybridized carbons (Fsp3) is 0.364. The van der Waals surface area contributed by atoms with Crippen molar-refractivity contribution >= 4 is 5.97 Å². The van der Waals surface area contributed by atoms with Gasteiger partial charge in [0.2, 0.25) is 0 Å². The SMILES string of the molecule is Cc1cccc(OC(=O)C(C)C)c1. The number of carbonyl (C=O) groups is 1. The summed E-state index contributed by atoms with van der Waals surface area (Å²) in [6, 6.07) is 7.47. The summed E-state index contributed by atoms with van der Waals surface area (Å²) < 4.78 is 5.12. The third-order valence-corrected chi connectivity index (χ3v) is 1.68. The molecule has 0 atom stereocenters. The average molecular weight is 178 g/mol. The first-order valence-electron chi connectivity index (χ1n) is 4.38. The van der Waals surface area contributed by atoms with Crippen LogP contribution in [0.2, 0.25) is 0 Å². The second-order valence-electron chi connectivity index (χ2n) is 3.39. The number of carbonyl (C=O) groups excluding carboxylic acids is 1. The standard InChI is InChI=1S/C11H14O2/c1-8(2)11(12)13-10-6-4-5-9(3)7-10/h4-8H,1-3H3. The summed E-state index contributed by atoms with van der Waals surface area (Å²) in [5.74, 6) is 0.352. The van der Waals surface area contributed by atoms with Gasteiger partial charge in [-0.15, -0.1) is 0 Å². The van der Waals surface area contributed by atoms with Gasteiger partial charge < -0.3 is 4.74 Å². The van der Waals surface area contributed by atoms with Crippen LogP contribution in [-0.2, 0) is 4.79 Å². The maximum Gasteiger partial charge on any atom is 0.313 e. The highest BCUT2D eigenvalue weighted by Crippen LogP contribution is 2.13. The van der Waals surface area contributed by atoms with Gasteiger partial charge in [-0.3, -0.25) is 4.79 Å². The molecule has 0 aromatic heterocycles. The van der Waals surface area contributed by atoms with Crippen molar-refractivity contribution in [1.82, 2.24) is 0 Å². The summed E-state index contributed by atoms with van der Waals surface area (Å²) in [6.07, 6.45) is 0. The van der Waals surface area contributed by atoms with Gasteiger partial charge in [-0.2, -0.15) is 0 Å². The zero-order chi connectivity index (χ0) is 9.84. The van der Waals surface area contributed by atoms with E-state index in [9.17, 15) is 4.79 Å². The van der Waals surface area contributed by atoms with E-state index in [2.05, 4.69) is 0 Å². The summed E-state index contributed by atoms with van der Waals surface area (Å²) in [6.45, 7) is 5.60. The van der Waals surface area contributed by atoms with Crippen LogP contribution in [0.4, 0.5) is 0 Å². The Bertz CT molecular complexity index is 303. The minimum Gasteiger partial charge on any atom is -0.426 e. The van der Waals surface area contributed by atoms with Crippen molar-refractivity contribution in [2.24, 2.45) is 5.92 Å². The van der Waals surface area contributed by atoms with Crippen molar-refractivity contribution in [2.45, 2.75) is 20.8 Å². The molecule has 13 heavy (non-hydrogen) atoms. The van der Waals surface area contributed by atoms with E-state index < -0.39 is 0 Å². The molecule has 1 rings (SSSR count). The van der Waals surface area contributed by atoms with E-state index in [1.54, 1.807) is 6.07 Å². The van der Waals surface area contributed by atoms with Crippen molar-refractivity contribution in [3.63, 3.8) is 0 Å². The lowest BCUT2D eigenvalue weighted by Gasteiger charge is -2.06. The highest BCUT2D eigenvalue weighted by Gasteiger charge is 2.08. The Morgan fingerprint density at radius 3 is 2.62 bits per heavy atom. The normalized spacial score (nSPS) is 10.2. The van der Waals surface area contributed by atoms with Crippen molar-refractivity contribution in [1.29, 1.82) is 0 Å². The van der Waals surface area contributed by atoms with Crippen LogP contribution in [0.15, 0.2) is 24.3 Å². The summed E-state index contributed by atoms with van der Waals surface area (Å²) in [5, 5.41) is 0. The van der Waals surface area contributed by atoms with Crippen molar-refractivity contribution < 1.29 is 9.53 Å². The Morgan fingerprint density at radius 1 is 1.38 bits per heavy atom. The second kappa shape index (κ2) is 4.08. The molecule has 0 saturated carbocycles. The first kappa shape index (κ1) is 9.78. The number of esters is 1. The highest BCUT2D eigenvalue weighted by atomic mass is 16.5. The van der Waals surface area contributed by atoms with E-state index in [0.717, 1.165) is 5.56 Å². The van der Waals surface area contributed by atoms with Crippen LogP contribution in [0.25, 0.3) is 0 Å². The molecule has 0 heterocycles. The second-order valence-corrected chi connectivity index (χ2v) is 3.39. The Kier molecular flexibility index (Phi) is 3.07. The summed E-state index contributed by atoms with van der Waals surface area (Å²) in [4.78, 5) is 11.2. The minimum atomic E-state index is -0.189. The maximum absolute atomic E-state index is 11.2. The van der Waals surface area contributed by atoms with E-state index in [-0.39, 0.29) is 11.9 Å². The third kappa shape index (κ3) is 2.90. The Labute approximate surface area is 78.5 Å². The smallest absolute Gasteiger partial charge is 0.313 e. The lowest BCUT2D eigenvalue weighted by molar-refractivity contribution is -0.137. The molecular formula is C11H14O2. The van der Waals surface area contributed by atoms with Crippen LogP contribution in [0.1, 0.15) is 19.4 Å². The zero-order valence-electron chi connectivity index (χ0n) is 8.20. The number of hydrogen-bond donors (Lipinski definition) is 0. The molecule has 0 aliphatic rings. The number of ether oxygens (including phenoxy) is 1. The fourth-order valence-corrected chi connectivity index (χ4v) is 0.913. The lowest BCUT2D eigenvalue weighted by Crippen LogP contribution is -2.14. The molecule has 0 saturated heterocycles. The van der Waals surface area contributed by atoms with Gasteiger partial charge in [0.15, 0.2) is 0 Å². The van der Waals surface area contributed by atoms with Gasteiger partial charge in [-0.25, -0.2) is 0 Å². The first-order chi connectivity index (χ1) is 6.09. The number of hydrogen-bond acceptors (Lipinski definition) is 2. The first-order valence-corrected chi connectivity index (χ1v) is 4.38. The van der Waals surface area contributed by atoms with Gasteiger partial charge >= 0.3 is 5.97 Å². The molecule has 0 bridgehead atoms. The van der Waals surface area contributed by atoms with E-state index in [1.165, 1.54) is 0 Å². The van der Waals surface area contributed by atoms with Crippen molar-refractivity contribution in [3.05, 3.63) is 29.8 Å². The number of aryl methyl sites for hydroxylation is 1. The molecule has 2 heteroatoms. The van der Waals surface area contributed by atoms with E-state index in [0.29, 0.717) is 5.75 Å². The van der Waals surface area contributed by atoms with Crippen LogP contribution in [-0.4, -0.2) is 5.97 Å². The predicted molar refractivity (Wildman–Crippen MR) is 51.7 cm³/mol. The fourth-order valence-electron chi connectivity index (χ4n) is 0.913. The zero-order valence-corrected chi connectivity index (χ0v) is 8.20. The molecule has 0 aliphatic heterocycles. The van der Waals surface area contributed by atoms with Crippen molar-refractivity contribution in [3.8, 4) is 5.75 Å². The molecule has 0 unspecified atom stereocenters. The molecule has 70 valence electrons. The van der Waals surface area contributed by atoms with Gasteiger partial charge in [-0.1, -0.05) is 26.0 Å². The number of rotatable bonds is 2. The van der Waals surface area contributed by atoms with Gasteiger partial charge in [0.05, 0.1) is 5.92 Å². The van der Waals surface area contributed by atoms with Crippen LogP contribution in [0, 0.1) is 12.8 Å². The monoisotopic (exact) mass is 178 g/mol.